The molecule has 114 valence electrons. The van der Waals surface area contributed by atoms with Crippen LogP contribution in [-0.4, -0.2) is 33.0 Å². The Kier molecular flexibility index (Phi) is 3.66. The minimum atomic E-state index is -0.519. The molecule has 3 rings (SSSR count). The fraction of sp³-hybridized carbons (Fsp3) is 0.312. The standard InChI is InChI=1S/C16H18N4O2/c1-10(2)14(15(21)19-12-7-17-18-8-12)20-9-11-5-3-4-6-13(11)16(20)22/h3-8,10,14H,9H2,1-2H3,(H,17,18)(H,19,21)/t14-/m0/s1. The van der Waals surface area contributed by atoms with Crippen LogP contribution in [0.1, 0.15) is 29.8 Å². The largest absolute Gasteiger partial charge is 0.322 e. The summed E-state index contributed by atoms with van der Waals surface area (Å²) in [6, 6.07) is 6.97. The molecule has 1 aromatic heterocycles. The van der Waals surface area contributed by atoms with E-state index in [4.69, 9.17) is 0 Å². The Balaban J connectivity index is 1.84. The second-order valence-electron chi connectivity index (χ2n) is 5.76. The molecule has 0 saturated heterocycles. The zero-order valence-electron chi connectivity index (χ0n) is 12.5. The first-order valence-corrected chi connectivity index (χ1v) is 7.26. The maximum Gasteiger partial charge on any atom is 0.255 e. The maximum absolute atomic E-state index is 12.6. The molecular formula is C16H18N4O2. The summed E-state index contributed by atoms with van der Waals surface area (Å²) in [5.41, 5.74) is 2.25. The van der Waals surface area contributed by atoms with Crippen LogP contribution in [-0.2, 0) is 11.3 Å². The van der Waals surface area contributed by atoms with Crippen molar-refractivity contribution < 1.29 is 9.59 Å². The van der Waals surface area contributed by atoms with Crippen LogP contribution in [0.25, 0.3) is 0 Å². The SMILES string of the molecule is CC(C)[C@@H](C(=O)Nc1cn[nH]c1)N1Cc2ccccc2C1=O. The average Bonchev–Trinajstić information content (AvgIpc) is 3.09. The van der Waals surface area contributed by atoms with E-state index < -0.39 is 6.04 Å². The Morgan fingerprint density at radius 3 is 2.77 bits per heavy atom. The number of rotatable bonds is 4. The number of aromatic nitrogens is 2. The van der Waals surface area contributed by atoms with E-state index in [1.807, 2.05) is 38.1 Å². The van der Waals surface area contributed by atoms with E-state index in [-0.39, 0.29) is 17.7 Å². The van der Waals surface area contributed by atoms with Crippen molar-refractivity contribution in [1.29, 1.82) is 0 Å². The number of carbonyl (C=O) groups is 2. The third-order valence-electron chi connectivity index (χ3n) is 3.85. The van der Waals surface area contributed by atoms with Gasteiger partial charge in [-0.15, -0.1) is 0 Å². The Labute approximate surface area is 128 Å². The molecule has 2 aromatic rings. The molecule has 1 aromatic carbocycles. The number of nitrogens with one attached hydrogen (secondary N) is 2. The Hall–Kier alpha value is -2.63. The monoisotopic (exact) mass is 298 g/mol. The first kappa shape index (κ1) is 14.3. The van der Waals surface area contributed by atoms with Crippen LogP contribution in [0.2, 0.25) is 0 Å². The number of hydrogen-bond donors (Lipinski definition) is 2. The molecule has 0 radical (unpaired) electrons. The predicted molar refractivity (Wildman–Crippen MR) is 82.2 cm³/mol. The molecule has 0 saturated carbocycles. The molecule has 1 aliphatic rings. The molecule has 2 heterocycles. The van der Waals surface area contributed by atoms with E-state index in [0.717, 1.165) is 5.56 Å². The van der Waals surface area contributed by atoms with E-state index in [1.165, 1.54) is 6.20 Å². The number of hydrogen-bond acceptors (Lipinski definition) is 3. The summed E-state index contributed by atoms with van der Waals surface area (Å²) < 4.78 is 0. The zero-order valence-corrected chi connectivity index (χ0v) is 12.5. The minimum Gasteiger partial charge on any atom is -0.322 e. The summed E-state index contributed by atoms with van der Waals surface area (Å²) in [6.45, 7) is 4.35. The Morgan fingerprint density at radius 1 is 1.36 bits per heavy atom. The van der Waals surface area contributed by atoms with Crippen molar-refractivity contribution in [2.24, 2.45) is 5.92 Å². The molecule has 0 bridgehead atoms. The van der Waals surface area contributed by atoms with E-state index in [1.54, 1.807) is 11.1 Å². The number of H-pyrrole nitrogens is 1. The molecule has 2 amide bonds. The lowest BCUT2D eigenvalue weighted by atomic mass is 10.0. The van der Waals surface area contributed by atoms with Gasteiger partial charge in [-0.2, -0.15) is 5.10 Å². The maximum atomic E-state index is 12.6. The number of carbonyl (C=O) groups excluding carboxylic acids is 2. The topological polar surface area (TPSA) is 78.1 Å². The summed E-state index contributed by atoms with van der Waals surface area (Å²) in [5.74, 6) is -0.278. The van der Waals surface area contributed by atoms with Crippen LogP contribution in [0.4, 0.5) is 5.69 Å². The number of fused-ring (bicyclic) bond motifs is 1. The summed E-state index contributed by atoms with van der Waals surface area (Å²) in [7, 11) is 0. The first-order chi connectivity index (χ1) is 10.6. The fourth-order valence-electron chi connectivity index (χ4n) is 2.84. The van der Waals surface area contributed by atoms with Crippen molar-refractivity contribution in [2.75, 3.05) is 5.32 Å². The lowest BCUT2D eigenvalue weighted by Gasteiger charge is -2.29. The Bertz CT molecular complexity index is 694. The van der Waals surface area contributed by atoms with Crippen LogP contribution in [0.5, 0.6) is 0 Å². The van der Waals surface area contributed by atoms with Crippen molar-refractivity contribution in [3.63, 3.8) is 0 Å². The number of anilines is 1. The summed E-state index contributed by atoms with van der Waals surface area (Å²) in [5, 5.41) is 9.26. The first-order valence-electron chi connectivity index (χ1n) is 7.26. The fourth-order valence-corrected chi connectivity index (χ4v) is 2.84. The van der Waals surface area contributed by atoms with Crippen LogP contribution < -0.4 is 5.32 Å². The highest BCUT2D eigenvalue weighted by atomic mass is 16.2. The van der Waals surface area contributed by atoms with Gasteiger partial charge in [-0.25, -0.2) is 0 Å². The zero-order chi connectivity index (χ0) is 15.7. The molecule has 6 heteroatoms. The van der Waals surface area contributed by atoms with Gasteiger partial charge in [0.05, 0.1) is 11.9 Å². The molecule has 1 aliphatic heterocycles. The van der Waals surface area contributed by atoms with Crippen molar-refractivity contribution in [1.82, 2.24) is 15.1 Å². The number of benzene rings is 1. The molecule has 6 nitrogen and oxygen atoms in total. The van der Waals surface area contributed by atoms with Crippen molar-refractivity contribution in [3.05, 3.63) is 47.8 Å². The highest BCUT2D eigenvalue weighted by molar-refractivity contribution is 6.03. The lowest BCUT2D eigenvalue weighted by Crippen LogP contribution is -2.47. The van der Waals surface area contributed by atoms with Crippen LogP contribution in [0.15, 0.2) is 36.7 Å². The van der Waals surface area contributed by atoms with Gasteiger partial charge in [0, 0.05) is 18.3 Å². The lowest BCUT2D eigenvalue weighted by molar-refractivity contribution is -0.122. The van der Waals surface area contributed by atoms with Crippen molar-refractivity contribution in [3.8, 4) is 0 Å². The second-order valence-corrected chi connectivity index (χ2v) is 5.76. The average molecular weight is 298 g/mol. The van der Waals surface area contributed by atoms with Gasteiger partial charge in [0.25, 0.3) is 5.91 Å². The third-order valence-corrected chi connectivity index (χ3v) is 3.85. The second kappa shape index (κ2) is 5.63. The molecule has 0 spiro atoms. The molecule has 0 unspecified atom stereocenters. The van der Waals surface area contributed by atoms with Gasteiger partial charge >= 0.3 is 0 Å². The van der Waals surface area contributed by atoms with Crippen molar-refractivity contribution >= 4 is 17.5 Å². The van der Waals surface area contributed by atoms with E-state index >= 15 is 0 Å². The van der Waals surface area contributed by atoms with E-state index in [2.05, 4.69) is 15.5 Å². The van der Waals surface area contributed by atoms with E-state index in [9.17, 15) is 9.59 Å². The minimum absolute atomic E-state index is 0.00478. The van der Waals surface area contributed by atoms with Gasteiger partial charge in [0.15, 0.2) is 0 Å². The Morgan fingerprint density at radius 2 is 2.14 bits per heavy atom. The van der Waals surface area contributed by atoms with E-state index in [0.29, 0.717) is 17.8 Å². The van der Waals surface area contributed by atoms with Gasteiger partial charge in [0.1, 0.15) is 6.04 Å². The highest BCUT2D eigenvalue weighted by Gasteiger charge is 2.37. The van der Waals surface area contributed by atoms with Gasteiger partial charge in [-0.05, 0) is 17.5 Å². The predicted octanol–water partition coefficient (Wildman–Crippen LogP) is 2.03. The number of aromatic amines is 1. The summed E-state index contributed by atoms with van der Waals surface area (Å²) in [6.07, 6.45) is 3.14. The van der Waals surface area contributed by atoms with Gasteiger partial charge < -0.3 is 10.2 Å². The van der Waals surface area contributed by atoms with Crippen LogP contribution >= 0.6 is 0 Å². The number of nitrogens with zero attached hydrogens (tertiary/aromatic N) is 2. The highest BCUT2D eigenvalue weighted by Crippen LogP contribution is 2.27. The van der Waals surface area contributed by atoms with Gasteiger partial charge in [-0.1, -0.05) is 32.0 Å². The van der Waals surface area contributed by atoms with Crippen LogP contribution in [0, 0.1) is 5.92 Å². The normalized spacial score (nSPS) is 15.0. The number of amides is 2. The smallest absolute Gasteiger partial charge is 0.255 e. The van der Waals surface area contributed by atoms with Gasteiger partial charge in [-0.3, -0.25) is 14.7 Å². The molecule has 1 atom stereocenters. The third kappa shape index (κ3) is 2.47. The quantitative estimate of drug-likeness (QED) is 0.906. The molecule has 0 aliphatic carbocycles. The molecular weight excluding hydrogens is 280 g/mol. The van der Waals surface area contributed by atoms with Gasteiger partial charge in [0.2, 0.25) is 5.91 Å². The molecule has 0 fully saturated rings. The summed E-state index contributed by atoms with van der Waals surface area (Å²) >= 11 is 0. The molecule has 2 N–H and O–H groups in total. The van der Waals surface area contributed by atoms with Crippen LogP contribution in [0.3, 0.4) is 0 Å². The summed E-state index contributed by atoms with van der Waals surface area (Å²) in [4.78, 5) is 26.8. The molecule has 22 heavy (non-hydrogen) atoms. The van der Waals surface area contributed by atoms with Crippen molar-refractivity contribution in [2.45, 2.75) is 26.4 Å².